The second-order valence-corrected chi connectivity index (χ2v) is 5.05. The summed E-state index contributed by atoms with van der Waals surface area (Å²) in [6, 6.07) is 0.259. The van der Waals surface area contributed by atoms with E-state index < -0.39 is 16.5 Å². The average Bonchev–Trinajstić information content (AvgIpc) is 1.68. The third kappa shape index (κ3) is 17.6. The molecule has 0 aliphatic carbocycles. The van der Waals surface area contributed by atoms with E-state index in [4.69, 9.17) is 30.3 Å². The molecule has 0 aromatic rings. The monoisotopic (exact) mass is 353 g/mol. The Hall–Kier alpha value is 1.19. The molecular formula is C4H12Cl2N2Pt. The summed E-state index contributed by atoms with van der Waals surface area (Å²) in [7, 11) is 9.75. The predicted octanol–water partition coefficient (Wildman–Crippen LogP) is 1.06. The van der Waals surface area contributed by atoms with Crippen molar-refractivity contribution < 1.29 is 16.5 Å². The Balaban J connectivity index is 0. The van der Waals surface area contributed by atoms with Crippen LogP contribution in [0.5, 0.6) is 0 Å². The van der Waals surface area contributed by atoms with Crippen LogP contribution in [-0.4, -0.2) is 12.1 Å². The summed E-state index contributed by atoms with van der Waals surface area (Å²) in [5.41, 5.74) is 10.6. The van der Waals surface area contributed by atoms with Gasteiger partial charge in [0.15, 0.2) is 0 Å². The maximum absolute atomic E-state index is 5.31. The molecule has 0 saturated heterocycles. The van der Waals surface area contributed by atoms with Crippen LogP contribution in [0.25, 0.3) is 0 Å². The maximum atomic E-state index is 5.31. The van der Waals surface area contributed by atoms with Crippen LogP contribution >= 0.6 is 18.8 Å². The summed E-state index contributed by atoms with van der Waals surface area (Å²) < 4.78 is 0. The van der Waals surface area contributed by atoms with Crippen molar-refractivity contribution in [1.29, 1.82) is 0 Å². The van der Waals surface area contributed by atoms with Crippen LogP contribution in [-0.2, 0) is 16.5 Å². The summed E-state index contributed by atoms with van der Waals surface area (Å²) in [5.74, 6) is 0. The zero-order valence-electron chi connectivity index (χ0n) is 5.38. The molecule has 9 heavy (non-hydrogen) atoms. The van der Waals surface area contributed by atoms with Crippen LogP contribution in [0, 0.1) is 0 Å². The van der Waals surface area contributed by atoms with E-state index in [9.17, 15) is 0 Å². The van der Waals surface area contributed by atoms with E-state index >= 15 is 0 Å². The van der Waals surface area contributed by atoms with Gasteiger partial charge in [-0.3, -0.25) is 0 Å². The van der Waals surface area contributed by atoms with E-state index in [1.165, 1.54) is 0 Å². The van der Waals surface area contributed by atoms with Crippen molar-refractivity contribution in [2.24, 2.45) is 11.5 Å². The molecule has 0 spiro atoms. The fourth-order valence-electron chi connectivity index (χ4n) is 0. The number of halogens is 2. The fraction of sp³-hybridized carbons (Fsp3) is 1.00. The van der Waals surface area contributed by atoms with E-state index in [0.717, 1.165) is 0 Å². The summed E-state index contributed by atoms with van der Waals surface area (Å²) in [6.07, 6.45) is 0. The van der Waals surface area contributed by atoms with Crippen molar-refractivity contribution in [3.8, 4) is 0 Å². The summed E-state index contributed by atoms with van der Waals surface area (Å²) in [4.78, 5) is 0. The molecule has 0 rings (SSSR count). The van der Waals surface area contributed by atoms with E-state index in [2.05, 4.69) is 0 Å². The SMILES string of the molecule is C[C@@H](N)[C@@H](C)N.[Cl][Pt][Cl]. The number of rotatable bonds is 1. The first-order valence-corrected chi connectivity index (χ1v) is 8.02. The Morgan fingerprint density at radius 2 is 1.22 bits per heavy atom. The van der Waals surface area contributed by atoms with E-state index in [1.54, 1.807) is 0 Å². The molecule has 0 amide bonds. The minimum atomic E-state index is -0.472. The summed E-state index contributed by atoms with van der Waals surface area (Å²) in [5, 5.41) is 0. The Labute approximate surface area is 72.6 Å². The molecule has 0 aromatic heterocycles. The predicted molar refractivity (Wildman–Crippen MR) is 39.0 cm³/mol. The number of hydrogen-bond donors (Lipinski definition) is 2. The van der Waals surface area contributed by atoms with Gasteiger partial charge in [0.25, 0.3) is 0 Å². The van der Waals surface area contributed by atoms with Crippen LogP contribution in [0.4, 0.5) is 0 Å². The summed E-state index contributed by atoms with van der Waals surface area (Å²) >= 11 is -0.472. The zero-order valence-corrected chi connectivity index (χ0v) is 9.17. The molecule has 0 fully saturated rings. The van der Waals surface area contributed by atoms with E-state index in [0.29, 0.717) is 0 Å². The first-order chi connectivity index (χ1) is 4.06. The molecule has 0 saturated carbocycles. The van der Waals surface area contributed by atoms with Gasteiger partial charge in [0, 0.05) is 12.1 Å². The third-order valence-corrected chi connectivity index (χ3v) is 0.829. The van der Waals surface area contributed by atoms with Crippen LogP contribution in [0.3, 0.4) is 0 Å². The number of nitrogens with two attached hydrogens (primary N) is 2. The van der Waals surface area contributed by atoms with Crippen molar-refractivity contribution in [2.45, 2.75) is 25.9 Å². The van der Waals surface area contributed by atoms with Gasteiger partial charge in [-0.1, -0.05) is 0 Å². The van der Waals surface area contributed by atoms with Gasteiger partial charge >= 0.3 is 35.3 Å². The van der Waals surface area contributed by atoms with Crippen molar-refractivity contribution in [3.05, 3.63) is 0 Å². The topological polar surface area (TPSA) is 52.0 Å². The number of hydrogen-bond acceptors (Lipinski definition) is 2. The van der Waals surface area contributed by atoms with Crippen LogP contribution < -0.4 is 11.5 Å². The Morgan fingerprint density at radius 3 is 1.22 bits per heavy atom. The van der Waals surface area contributed by atoms with Gasteiger partial charge in [-0.15, -0.1) is 0 Å². The van der Waals surface area contributed by atoms with Crippen molar-refractivity contribution in [1.82, 2.24) is 0 Å². The zero-order chi connectivity index (χ0) is 7.86. The van der Waals surface area contributed by atoms with Gasteiger partial charge in [0.2, 0.25) is 0 Å². The van der Waals surface area contributed by atoms with Gasteiger partial charge in [-0.05, 0) is 13.8 Å². The van der Waals surface area contributed by atoms with Gasteiger partial charge in [-0.2, -0.15) is 0 Å². The van der Waals surface area contributed by atoms with Gasteiger partial charge in [0.05, 0.1) is 0 Å². The van der Waals surface area contributed by atoms with Crippen LogP contribution in [0.15, 0.2) is 0 Å². The standard InChI is InChI=1S/C4H12N2.2ClH.Pt/c1-3(5)4(2)6;;;/h3-4H,5-6H2,1-2H3;2*1H;/q;;;+2/p-2/t3-,4-;;;/m1.../s1. The van der Waals surface area contributed by atoms with Crippen molar-refractivity contribution in [2.75, 3.05) is 0 Å². The molecule has 2 nitrogen and oxygen atoms in total. The van der Waals surface area contributed by atoms with Crippen LogP contribution in [0.2, 0.25) is 0 Å². The molecule has 0 aliphatic heterocycles. The normalized spacial score (nSPS) is 15.8. The Kier molecular flexibility index (Phi) is 13.1. The molecule has 0 bridgehead atoms. The molecule has 5 heteroatoms. The Bertz CT molecular complexity index is 45.8. The van der Waals surface area contributed by atoms with Crippen molar-refractivity contribution in [3.63, 3.8) is 0 Å². The first-order valence-electron chi connectivity index (χ1n) is 2.39. The minimum absolute atomic E-state index is 0.130. The van der Waals surface area contributed by atoms with E-state index in [-0.39, 0.29) is 12.1 Å². The average molecular weight is 354 g/mol. The molecule has 0 heterocycles. The third-order valence-electron chi connectivity index (χ3n) is 0.829. The quantitative estimate of drug-likeness (QED) is 0.740. The summed E-state index contributed by atoms with van der Waals surface area (Å²) in [6.45, 7) is 3.79. The molecule has 0 aliphatic rings. The molecule has 4 N–H and O–H groups in total. The molecule has 0 unspecified atom stereocenters. The van der Waals surface area contributed by atoms with Gasteiger partial charge in [-0.25, -0.2) is 0 Å². The second kappa shape index (κ2) is 9.19. The Morgan fingerprint density at radius 1 is 1.11 bits per heavy atom. The molecule has 2 atom stereocenters. The van der Waals surface area contributed by atoms with Crippen molar-refractivity contribution >= 4 is 18.8 Å². The van der Waals surface area contributed by atoms with Gasteiger partial charge < -0.3 is 11.5 Å². The van der Waals surface area contributed by atoms with Crippen LogP contribution in [0.1, 0.15) is 13.8 Å². The molecule has 0 radical (unpaired) electrons. The van der Waals surface area contributed by atoms with E-state index in [1.807, 2.05) is 13.8 Å². The first kappa shape index (κ1) is 12.8. The fourth-order valence-corrected chi connectivity index (χ4v) is 0. The molecule has 0 aromatic carbocycles. The molecule has 62 valence electrons. The van der Waals surface area contributed by atoms with Gasteiger partial charge in [0.1, 0.15) is 0 Å². The molecular weight excluding hydrogens is 342 g/mol. The second-order valence-electron chi connectivity index (χ2n) is 1.76.